The standard InChI is InChI=1S/C19H15ClN2O3/c1-11-2-7-14-16(10-11)25-9-8-15-17(19(23)24)21-22(18(14)15)13-5-3-12(20)4-6-13/h2-7,10H,8-9H2,1H3,(H,23,24). The van der Waals surface area contributed by atoms with Crippen LogP contribution in [0, 0.1) is 6.92 Å². The van der Waals surface area contributed by atoms with Gasteiger partial charge in [0.1, 0.15) is 5.75 Å². The molecule has 0 aliphatic carbocycles. The van der Waals surface area contributed by atoms with Gasteiger partial charge in [-0.2, -0.15) is 5.10 Å². The number of carboxylic acid groups (broad SMARTS) is 1. The van der Waals surface area contributed by atoms with E-state index in [1.807, 2.05) is 37.3 Å². The van der Waals surface area contributed by atoms with Crippen LogP contribution in [0.15, 0.2) is 42.5 Å². The second-order valence-corrected chi connectivity index (χ2v) is 6.40. The first-order chi connectivity index (χ1) is 12.0. The average Bonchev–Trinajstić information content (AvgIpc) is 2.86. The Morgan fingerprint density at radius 1 is 1.24 bits per heavy atom. The van der Waals surface area contributed by atoms with Gasteiger partial charge in [-0.1, -0.05) is 17.7 Å². The van der Waals surface area contributed by atoms with Crippen LogP contribution in [0.2, 0.25) is 5.02 Å². The van der Waals surface area contributed by atoms with E-state index in [0.717, 1.165) is 28.3 Å². The first-order valence-electron chi connectivity index (χ1n) is 7.89. The van der Waals surface area contributed by atoms with E-state index >= 15 is 0 Å². The third-order valence-corrected chi connectivity index (χ3v) is 4.51. The van der Waals surface area contributed by atoms with Crippen LogP contribution in [0.4, 0.5) is 0 Å². The smallest absolute Gasteiger partial charge is 0.356 e. The number of carbonyl (C=O) groups is 1. The molecule has 126 valence electrons. The molecule has 25 heavy (non-hydrogen) atoms. The molecule has 0 spiro atoms. The molecule has 5 nitrogen and oxygen atoms in total. The third kappa shape index (κ3) is 2.66. The monoisotopic (exact) mass is 354 g/mol. The maximum absolute atomic E-state index is 11.7. The lowest BCUT2D eigenvalue weighted by Crippen LogP contribution is -2.06. The molecule has 2 aromatic carbocycles. The molecule has 0 fully saturated rings. The third-order valence-electron chi connectivity index (χ3n) is 4.26. The zero-order chi connectivity index (χ0) is 17.6. The van der Waals surface area contributed by atoms with Crippen LogP contribution in [0.5, 0.6) is 5.75 Å². The van der Waals surface area contributed by atoms with Crippen LogP contribution < -0.4 is 4.74 Å². The first kappa shape index (κ1) is 15.7. The number of fused-ring (bicyclic) bond motifs is 3. The van der Waals surface area contributed by atoms with Crippen molar-refractivity contribution in [3.63, 3.8) is 0 Å². The van der Waals surface area contributed by atoms with Crippen LogP contribution in [0.25, 0.3) is 16.9 Å². The quantitative estimate of drug-likeness (QED) is 0.751. The number of halogens is 1. The summed E-state index contributed by atoms with van der Waals surface area (Å²) in [6.45, 7) is 2.41. The Hall–Kier alpha value is -2.79. The molecule has 4 rings (SSSR count). The zero-order valence-electron chi connectivity index (χ0n) is 13.5. The van der Waals surface area contributed by atoms with Gasteiger partial charge in [0.05, 0.1) is 18.0 Å². The predicted molar refractivity (Wildman–Crippen MR) is 94.9 cm³/mol. The number of aromatic nitrogens is 2. The van der Waals surface area contributed by atoms with Crippen LogP contribution in [0.1, 0.15) is 21.6 Å². The highest BCUT2D eigenvalue weighted by Gasteiger charge is 2.28. The van der Waals surface area contributed by atoms with Crippen molar-refractivity contribution in [3.8, 4) is 22.7 Å². The van der Waals surface area contributed by atoms with Gasteiger partial charge in [-0.15, -0.1) is 0 Å². The van der Waals surface area contributed by atoms with Crippen molar-refractivity contribution in [1.82, 2.24) is 9.78 Å². The molecule has 0 atom stereocenters. The van der Waals surface area contributed by atoms with Gasteiger partial charge in [-0.25, -0.2) is 9.48 Å². The van der Waals surface area contributed by atoms with E-state index in [1.54, 1.807) is 16.8 Å². The van der Waals surface area contributed by atoms with E-state index in [2.05, 4.69) is 5.10 Å². The summed E-state index contributed by atoms with van der Waals surface area (Å²) in [5.41, 5.74) is 4.17. The maximum atomic E-state index is 11.7. The minimum absolute atomic E-state index is 0.0574. The van der Waals surface area contributed by atoms with E-state index in [0.29, 0.717) is 23.6 Å². The van der Waals surface area contributed by atoms with Crippen LogP contribution >= 0.6 is 11.6 Å². The Bertz CT molecular complexity index is 977. The molecule has 1 aromatic heterocycles. The van der Waals surface area contributed by atoms with Crippen molar-refractivity contribution in [1.29, 1.82) is 0 Å². The highest BCUT2D eigenvalue weighted by atomic mass is 35.5. The van der Waals surface area contributed by atoms with Gasteiger partial charge in [-0.3, -0.25) is 0 Å². The molecule has 0 saturated heterocycles. The summed E-state index contributed by atoms with van der Waals surface area (Å²) in [5, 5.41) is 14.6. The van der Waals surface area contributed by atoms with Crippen molar-refractivity contribution in [2.24, 2.45) is 0 Å². The van der Waals surface area contributed by atoms with Crippen molar-refractivity contribution >= 4 is 17.6 Å². The molecule has 3 aromatic rings. The molecular formula is C19H15ClN2O3. The lowest BCUT2D eigenvalue weighted by Gasteiger charge is -2.12. The topological polar surface area (TPSA) is 64.3 Å². The van der Waals surface area contributed by atoms with E-state index in [-0.39, 0.29) is 5.69 Å². The molecule has 1 aliphatic rings. The normalized spacial score (nSPS) is 12.7. The molecule has 6 heteroatoms. The van der Waals surface area contributed by atoms with Gasteiger partial charge in [0.15, 0.2) is 5.69 Å². The summed E-state index contributed by atoms with van der Waals surface area (Å²) < 4.78 is 7.52. The minimum Gasteiger partial charge on any atom is -0.493 e. The summed E-state index contributed by atoms with van der Waals surface area (Å²) in [7, 11) is 0. The van der Waals surface area contributed by atoms with Crippen LogP contribution in [-0.2, 0) is 6.42 Å². The SMILES string of the molecule is Cc1ccc2c(c1)OCCc1c(C(=O)O)nn(-c3ccc(Cl)cc3)c1-2. The summed E-state index contributed by atoms with van der Waals surface area (Å²) >= 11 is 5.98. The van der Waals surface area contributed by atoms with Crippen molar-refractivity contribution in [2.75, 3.05) is 6.61 Å². The number of aryl methyl sites for hydroxylation is 1. The van der Waals surface area contributed by atoms with Crippen molar-refractivity contribution in [3.05, 3.63) is 64.3 Å². The van der Waals surface area contributed by atoms with Crippen molar-refractivity contribution < 1.29 is 14.6 Å². The lowest BCUT2D eigenvalue weighted by molar-refractivity contribution is 0.0688. The Morgan fingerprint density at radius 2 is 2.00 bits per heavy atom. The molecule has 0 radical (unpaired) electrons. The molecule has 0 amide bonds. The maximum Gasteiger partial charge on any atom is 0.356 e. The molecule has 1 N–H and O–H groups in total. The minimum atomic E-state index is -1.04. The van der Waals surface area contributed by atoms with Gasteiger partial charge >= 0.3 is 5.97 Å². The Morgan fingerprint density at radius 3 is 2.72 bits per heavy atom. The number of nitrogens with zero attached hydrogens (tertiary/aromatic N) is 2. The number of hydrogen-bond acceptors (Lipinski definition) is 3. The number of aromatic carboxylic acids is 1. The van der Waals surface area contributed by atoms with Crippen LogP contribution in [0.3, 0.4) is 0 Å². The second kappa shape index (κ2) is 5.93. The number of hydrogen-bond donors (Lipinski definition) is 1. The molecular weight excluding hydrogens is 340 g/mol. The highest BCUT2D eigenvalue weighted by molar-refractivity contribution is 6.30. The summed E-state index contributed by atoms with van der Waals surface area (Å²) in [6, 6.07) is 13.1. The van der Waals surface area contributed by atoms with Gasteiger partial charge in [0.25, 0.3) is 0 Å². The van der Waals surface area contributed by atoms with Gasteiger partial charge in [0.2, 0.25) is 0 Å². The zero-order valence-corrected chi connectivity index (χ0v) is 14.2. The number of benzene rings is 2. The highest BCUT2D eigenvalue weighted by Crippen LogP contribution is 2.38. The summed E-state index contributed by atoms with van der Waals surface area (Å²) in [4.78, 5) is 11.7. The predicted octanol–water partition coefficient (Wildman–Crippen LogP) is 4.13. The summed E-state index contributed by atoms with van der Waals surface area (Å²) in [5.74, 6) is -0.301. The van der Waals surface area contributed by atoms with Gasteiger partial charge in [0, 0.05) is 22.6 Å². The van der Waals surface area contributed by atoms with E-state index in [1.165, 1.54) is 0 Å². The molecule has 0 bridgehead atoms. The van der Waals surface area contributed by atoms with Gasteiger partial charge < -0.3 is 9.84 Å². The molecule has 1 aliphatic heterocycles. The fourth-order valence-electron chi connectivity index (χ4n) is 3.11. The number of rotatable bonds is 2. The fourth-order valence-corrected chi connectivity index (χ4v) is 3.24. The molecule has 0 unspecified atom stereocenters. The van der Waals surface area contributed by atoms with Crippen molar-refractivity contribution in [2.45, 2.75) is 13.3 Å². The average molecular weight is 355 g/mol. The largest absolute Gasteiger partial charge is 0.493 e. The first-order valence-corrected chi connectivity index (χ1v) is 8.27. The second-order valence-electron chi connectivity index (χ2n) is 5.97. The Kier molecular flexibility index (Phi) is 3.73. The number of carboxylic acids is 1. The van der Waals surface area contributed by atoms with E-state index in [9.17, 15) is 9.90 Å². The van der Waals surface area contributed by atoms with Gasteiger partial charge in [-0.05, 0) is 48.9 Å². The van der Waals surface area contributed by atoms with E-state index < -0.39 is 5.97 Å². The lowest BCUT2D eigenvalue weighted by atomic mass is 10.0. The van der Waals surface area contributed by atoms with E-state index in [4.69, 9.17) is 16.3 Å². The molecule has 0 saturated carbocycles. The number of ether oxygens (including phenoxy) is 1. The van der Waals surface area contributed by atoms with Crippen LogP contribution in [-0.4, -0.2) is 27.5 Å². The Balaban J connectivity index is 2.03. The fraction of sp³-hybridized carbons (Fsp3) is 0.158. The Labute approximate surface area is 149 Å². The molecule has 2 heterocycles. The summed E-state index contributed by atoms with van der Waals surface area (Å²) in [6.07, 6.45) is 0.484.